The van der Waals surface area contributed by atoms with Gasteiger partial charge in [-0.05, 0) is 13.0 Å². The molecule has 0 aliphatic rings. The van der Waals surface area contributed by atoms with Gasteiger partial charge in [0.2, 0.25) is 0 Å². The van der Waals surface area contributed by atoms with Crippen LogP contribution in [0.15, 0.2) is 18.2 Å². The van der Waals surface area contributed by atoms with Crippen molar-refractivity contribution in [1.29, 1.82) is 0 Å². The van der Waals surface area contributed by atoms with Gasteiger partial charge in [0, 0.05) is 53.7 Å². The Morgan fingerprint density at radius 2 is 2.15 bits per heavy atom. The zero-order valence-corrected chi connectivity index (χ0v) is 12.8. The van der Waals surface area contributed by atoms with Crippen LogP contribution >= 0.6 is 0 Å². The maximum Gasteiger partial charge on any atom is 0.321 e. The Labute approximate surface area is 120 Å². The summed E-state index contributed by atoms with van der Waals surface area (Å²) >= 11 is 0. The highest BCUT2D eigenvalue weighted by atomic mass is 32.2. The average Bonchev–Trinajstić information content (AvgIpc) is 2.36. The number of nitrogens with zero attached hydrogens (tertiary/aromatic N) is 1. The fourth-order valence-electron chi connectivity index (χ4n) is 1.62. The summed E-state index contributed by atoms with van der Waals surface area (Å²) in [6.07, 6.45) is 1.58. The van der Waals surface area contributed by atoms with E-state index >= 15 is 0 Å². The minimum atomic E-state index is -0.990. The highest BCUT2D eigenvalue weighted by Crippen LogP contribution is 2.20. The van der Waals surface area contributed by atoms with Crippen LogP contribution in [0.2, 0.25) is 0 Å². The number of carbonyl (C=O) groups is 1. The highest BCUT2D eigenvalue weighted by molar-refractivity contribution is 7.84. The molecule has 0 fully saturated rings. The number of anilines is 1. The third-order valence-corrected chi connectivity index (χ3v) is 3.77. The van der Waals surface area contributed by atoms with Crippen molar-refractivity contribution in [2.24, 2.45) is 0 Å². The van der Waals surface area contributed by atoms with Gasteiger partial charge in [-0.25, -0.2) is 9.18 Å². The van der Waals surface area contributed by atoms with E-state index in [1.165, 1.54) is 30.2 Å². The predicted molar refractivity (Wildman–Crippen MR) is 78.1 cm³/mol. The van der Waals surface area contributed by atoms with E-state index in [4.69, 9.17) is 4.74 Å². The number of ether oxygens (including phenoxy) is 1. The van der Waals surface area contributed by atoms with Gasteiger partial charge in [0.05, 0.1) is 7.11 Å². The van der Waals surface area contributed by atoms with E-state index in [-0.39, 0.29) is 6.04 Å². The summed E-state index contributed by atoms with van der Waals surface area (Å²) in [6, 6.07) is 3.38. The number of nitrogens with one attached hydrogen (secondary N) is 1. The van der Waals surface area contributed by atoms with Crippen LogP contribution in [0.1, 0.15) is 6.92 Å². The van der Waals surface area contributed by atoms with Crippen molar-refractivity contribution >= 4 is 22.5 Å². The second-order valence-electron chi connectivity index (χ2n) is 4.51. The van der Waals surface area contributed by atoms with E-state index < -0.39 is 22.6 Å². The summed E-state index contributed by atoms with van der Waals surface area (Å²) in [4.78, 5) is 13.4. The van der Waals surface area contributed by atoms with Crippen LogP contribution in [-0.2, 0) is 10.8 Å². The van der Waals surface area contributed by atoms with Gasteiger partial charge in [-0.2, -0.15) is 0 Å². The van der Waals surface area contributed by atoms with Gasteiger partial charge in [0.1, 0.15) is 11.6 Å². The fourth-order valence-corrected chi connectivity index (χ4v) is 2.52. The number of hydrogen-bond donors (Lipinski definition) is 1. The van der Waals surface area contributed by atoms with E-state index in [9.17, 15) is 13.4 Å². The molecule has 0 saturated heterocycles. The lowest BCUT2D eigenvalue weighted by Crippen LogP contribution is -2.40. The molecule has 0 aliphatic heterocycles. The predicted octanol–water partition coefficient (Wildman–Crippen LogP) is 2.06. The topological polar surface area (TPSA) is 58.6 Å². The van der Waals surface area contributed by atoms with Crippen molar-refractivity contribution in [1.82, 2.24) is 4.90 Å². The Bertz CT molecular complexity index is 510. The SMILES string of the molecule is COc1cc(F)cc(NC(=O)N(C)[C@@H](C)C[S@@](C)=O)c1. The molecule has 0 saturated carbocycles. The first kappa shape index (κ1) is 16.4. The van der Waals surface area contributed by atoms with Crippen molar-refractivity contribution in [3.05, 3.63) is 24.0 Å². The summed E-state index contributed by atoms with van der Waals surface area (Å²) in [5.41, 5.74) is 0.309. The fraction of sp³-hybridized carbons (Fsp3) is 0.462. The van der Waals surface area contributed by atoms with Gasteiger partial charge >= 0.3 is 6.03 Å². The summed E-state index contributed by atoms with van der Waals surface area (Å²) < 4.78 is 29.4. The average molecular weight is 302 g/mol. The Kier molecular flexibility index (Phi) is 5.94. The third kappa shape index (κ3) is 4.80. The van der Waals surface area contributed by atoms with Crippen LogP contribution in [0.5, 0.6) is 5.75 Å². The molecular formula is C13H19FN2O3S. The van der Waals surface area contributed by atoms with E-state index in [1.807, 2.05) is 0 Å². The largest absolute Gasteiger partial charge is 0.497 e. The maximum absolute atomic E-state index is 13.3. The van der Waals surface area contributed by atoms with E-state index in [0.717, 1.165) is 0 Å². The quantitative estimate of drug-likeness (QED) is 0.906. The smallest absolute Gasteiger partial charge is 0.321 e. The number of benzene rings is 1. The van der Waals surface area contributed by atoms with E-state index in [2.05, 4.69) is 5.32 Å². The highest BCUT2D eigenvalue weighted by Gasteiger charge is 2.17. The molecule has 0 aromatic heterocycles. The number of carbonyl (C=O) groups excluding carboxylic acids is 1. The van der Waals surface area contributed by atoms with Crippen LogP contribution in [0.3, 0.4) is 0 Å². The molecule has 1 N–H and O–H groups in total. The number of rotatable bonds is 5. The Balaban J connectivity index is 2.74. The lowest BCUT2D eigenvalue weighted by Gasteiger charge is -2.24. The summed E-state index contributed by atoms with van der Waals surface area (Å²) in [5, 5.41) is 2.58. The lowest BCUT2D eigenvalue weighted by molar-refractivity contribution is 0.212. The summed E-state index contributed by atoms with van der Waals surface area (Å²) in [5.74, 6) is 0.215. The summed E-state index contributed by atoms with van der Waals surface area (Å²) in [7, 11) is 2.03. The van der Waals surface area contributed by atoms with Gasteiger partial charge in [0.25, 0.3) is 0 Å². The van der Waals surface area contributed by atoms with Gasteiger partial charge in [-0.1, -0.05) is 0 Å². The van der Waals surface area contributed by atoms with E-state index in [1.54, 1.807) is 20.2 Å². The second-order valence-corrected chi connectivity index (χ2v) is 5.99. The molecule has 0 radical (unpaired) electrons. The lowest BCUT2D eigenvalue weighted by atomic mass is 10.3. The third-order valence-electron chi connectivity index (χ3n) is 2.82. The van der Waals surface area contributed by atoms with Gasteiger partial charge in [-0.3, -0.25) is 4.21 Å². The van der Waals surface area contributed by atoms with Crippen LogP contribution in [0.4, 0.5) is 14.9 Å². The molecule has 7 heteroatoms. The van der Waals surface area contributed by atoms with Crippen LogP contribution < -0.4 is 10.1 Å². The van der Waals surface area contributed by atoms with Gasteiger partial charge in [-0.15, -0.1) is 0 Å². The monoisotopic (exact) mass is 302 g/mol. The van der Waals surface area contributed by atoms with E-state index in [0.29, 0.717) is 17.2 Å². The zero-order valence-electron chi connectivity index (χ0n) is 12.0. The Morgan fingerprint density at radius 3 is 2.70 bits per heavy atom. The van der Waals surface area contributed by atoms with Gasteiger partial charge in [0.15, 0.2) is 0 Å². The van der Waals surface area contributed by atoms with Crippen molar-refractivity contribution in [2.75, 3.05) is 31.5 Å². The number of hydrogen-bond acceptors (Lipinski definition) is 3. The Morgan fingerprint density at radius 1 is 1.50 bits per heavy atom. The number of methoxy groups -OCH3 is 1. The zero-order chi connectivity index (χ0) is 15.3. The molecule has 2 atom stereocenters. The standard InChI is InChI=1S/C13H19FN2O3S/c1-9(8-20(4)18)16(2)13(17)15-11-5-10(14)6-12(7-11)19-3/h5-7,9H,8H2,1-4H3,(H,15,17)/t9-,20+/m0/s1. The molecule has 112 valence electrons. The number of urea groups is 1. The molecule has 0 heterocycles. The van der Waals surface area contributed by atoms with Crippen LogP contribution in [-0.4, -0.2) is 47.3 Å². The molecule has 20 heavy (non-hydrogen) atoms. The van der Waals surface area contributed by atoms with Crippen molar-refractivity contribution in [3.8, 4) is 5.75 Å². The second kappa shape index (κ2) is 7.23. The van der Waals surface area contributed by atoms with Crippen molar-refractivity contribution < 1.29 is 18.1 Å². The molecule has 0 spiro atoms. The first-order valence-corrected chi connectivity index (χ1v) is 7.74. The van der Waals surface area contributed by atoms with Crippen molar-refractivity contribution in [2.45, 2.75) is 13.0 Å². The first-order chi connectivity index (χ1) is 9.33. The molecule has 1 aromatic carbocycles. The molecular weight excluding hydrogens is 283 g/mol. The molecule has 0 bridgehead atoms. The van der Waals surface area contributed by atoms with Crippen LogP contribution in [0, 0.1) is 5.82 Å². The molecule has 0 unspecified atom stereocenters. The summed E-state index contributed by atoms with van der Waals surface area (Å²) in [6.45, 7) is 1.80. The minimum absolute atomic E-state index is 0.184. The molecule has 0 aliphatic carbocycles. The molecule has 1 aromatic rings. The molecule has 5 nitrogen and oxygen atoms in total. The maximum atomic E-state index is 13.3. The van der Waals surface area contributed by atoms with Gasteiger partial charge < -0.3 is 15.0 Å². The molecule has 2 amide bonds. The van der Waals surface area contributed by atoms with Crippen molar-refractivity contribution in [3.63, 3.8) is 0 Å². The number of amides is 2. The minimum Gasteiger partial charge on any atom is -0.497 e. The normalized spacial score (nSPS) is 13.4. The first-order valence-electron chi connectivity index (χ1n) is 6.02. The number of halogens is 1. The van der Waals surface area contributed by atoms with Crippen LogP contribution in [0.25, 0.3) is 0 Å². The molecule has 1 rings (SSSR count). The Hall–Kier alpha value is -1.63.